The van der Waals surface area contributed by atoms with Crippen LogP contribution in [0.15, 0.2) is 48.6 Å². The van der Waals surface area contributed by atoms with E-state index in [1.165, 1.54) is 96.3 Å². The monoisotopic (exact) mass is 1010 g/mol. The van der Waals surface area contributed by atoms with Crippen molar-refractivity contribution in [3.8, 4) is 0 Å². The molecule has 3 atom stereocenters. The Kier molecular flexibility index (Phi) is 50.8. The van der Waals surface area contributed by atoms with E-state index >= 15 is 0 Å². The molecule has 0 aromatic heterocycles. The molecule has 0 amide bonds. The van der Waals surface area contributed by atoms with Crippen LogP contribution in [-0.2, 0) is 42.2 Å². The van der Waals surface area contributed by atoms with Crippen LogP contribution in [0, 0.1) is 0 Å². The molecule has 0 bridgehead atoms. The van der Waals surface area contributed by atoms with Gasteiger partial charge in [0.1, 0.15) is 12.7 Å². The van der Waals surface area contributed by atoms with E-state index in [4.69, 9.17) is 23.3 Å². The number of carbonyl (C=O) groups excluding carboxylic acids is 3. The van der Waals surface area contributed by atoms with Crippen molar-refractivity contribution in [3.63, 3.8) is 0 Å². The Morgan fingerprint density at radius 2 is 0.700 bits per heavy atom. The second kappa shape index (κ2) is 52.8. The van der Waals surface area contributed by atoms with Gasteiger partial charge in [0.15, 0.2) is 6.10 Å². The van der Waals surface area contributed by atoms with E-state index in [1.54, 1.807) is 0 Å². The van der Waals surface area contributed by atoms with Gasteiger partial charge in [-0.1, -0.05) is 211 Å². The normalized spacial score (nSPS) is 13.7. The highest BCUT2D eigenvalue weighted by Gasteiger charge is 2.28. The number of rotatable bonds is 53. The van der Waals surface area contributed by atoms with Gasteiger partial charge < -0.3 is 24.2 Å². The number of phosphoric acid groups is 1. The van der Waals surface area contributed by atoms with Crippen molar-refractivity contribution in [1.29, 1.82) is 0 Å². The molecule has 0 rings (SSSR count). The Morgan fingerprint density at radius 1 is 0.400 bits per heavy atom. The van der Waals surface area contributed by atoms with Crippen molar-refractivity contribution in [2.75, 3.05) is 26.4 Å². The first-order valence-corrected chi connectivity index (χ1v) is 30.0. The molecule has 3 unspecified atom stereocenters. The number of unbranched alkanes of at least 4 members (excludes halogenated alkanes) is 28. The van der Waals surface area contributed by atoms with Crippen molar-refractivity contribution >= 4 is 25.7 Å². The predicted octanol–water partition coefficient (Wildman–Crippen LogP) is 16.6. The van der Waals surface area contributed by atoms with E-state index < -0.39 is 57.8 Å². The Labute approximate surface area is 428 Å². The van der Waals surface area contributed by atoms with E-state index in [-0.39, 0.29) is 25.9 Å². The minimum Gasteiger partial charge on any atom is -0.462 e. The Morgan fingerprint density at radius 3 is 1.09 bits per heavy atom. The van der Waals surface area contributed by atoms with Gasteiger partial charge in [0.05, 0.1) is 19.8 Å². The van der Waals surface area contributed by atoms with Crippen molar-refractivity contribution < 1.29 is 52.2 Å². The van der Waals surface area contributed by atoms with Gasteiger partial charge in [-0.2, -0.15) is 0 Å². The fourth-order valence-corrected chi connectivity index (χ4v) is 8.61. The molecule has 11 nitrogen and oxygen atoms in total. The molecule has 2 N–H and O–H groups in total. The minimum absolute atomic E-state index is 0.150. The average Bonchev–Trinajstić information content (AvgIpc) is 3.35. The summed E-state index contributed by atoms with van der Waals surface area (Å²) in [6.07, 6.45) is 54.9. The van der Waals surface area contributed by atoms with Crippen LogP contribution < -0.4 is 0 Å². The summed E-state index contributed by atoms with van der Waals surface area (Å²) < 4.78 is 39.5. The molecule has 70 heavy (non-hydrogen) atoms. The summed E-state index contributed by atoms with van der Waals surface area (Å²) in [7, 11) is -4.75. The lowest BCUT2D eigenvalue weighted by Crippen LogP contribution is -2.30. The largest absolute Gasteiger partial charge is 0.472 e. The molecule has 0 radical (unpaired) electrons. The Bertz CT molecular complexity index is 1360. The molecular weight excluding hydrogens is 904 g/mol. The van der Waals surface area contributed by atoms with Crippen LogP contribution in [0.5, 0.6) is 0 Å². The molecule has 0 heterocycles. The highest BCUT2D eigenvalue weighted by atomic mass is 31.2. The molecule has 0 aliphatic heterocycles. The fourth-order valence-electron chi connectivity index (χ4n) is 7.83. The first kappa shape index (κ1) is 67.4. The first-order chi connectivity index (χ1) is 34.2. The molecule has 0 aliphatic carbocycles. The lowest BCUT2D eigenvalue weighted by Gasteiger charge is -2.21. The van der Waals surface area contributed by atoms with Crippen molar-refractivity contribution in [2.45, 2.75) is 277 Å². The van der Waals surface area contributed by atoms with E-state index in [0.29, 0.717) is 19.3 Å². The molecule has 0 saturated carbocycles. The third kappa shape index (κ3) is 50.4. The molecule has 0 aliphatic rings. The van der Waals surface area contributed by atoms with E-state index in [0.717, 1.165) is 109 Å². The second-order valence-corrected chi connectivity index (χ2v) is 20.6. The zero-order valence-corrected chi connectivity index (χ0v) is 45.9. The zero-order chi connectivity index (χ0) is 51.3. The SMILES string of the molecule is CCCCC/C=C\C/C=C\CCCCCCCC(=O)OCC(COP(=O)(O)OCC(CO)OC(=O)CCCCCCCCCCCCCCC)OC(=O)CCCCCCC/C=C\C/C=C\CCCCC. The van der Waals surface area contributed by atoms with Gasteiger partial charge in [-0.15, -0.1) is 0 Å². The van der Waals surface area contributed by atoms with Crippen molar-refractivity contribution in [1.82, 2.24) is 0 Å². The molecule has 0 aromatic rings. The van der Waals surface area contributed by atoms with Gasteiger partial charge >= 0.3 is 25.7 Å². The van der Waals surface area contributed by atoms with Crippen LogP contribution in [0.25, 0.3) is 0 Å². The predicted molar refractivity (Wildman–Crippen MR) is 289 cm³/mol. The summed E-state index contributed by atoms with van der Waals surface area (Å²) >= 11 is 0. The number of aliphatic hydroxyl groups excluding tert-OH is 1. The quantitative estimate of drug-likeness (QED) is 0.0197. The van der Waals surface area contributed by atoms with Crippen LogP contribution in [0.1, 0.15) is 265 Å². The van der Waals surface area contributed by atoms with Crippen LogP contribution in [0.2, 0.25) is 0 Å². The van der Waals surface area contributed by atoms with Gasteiger partial charge in [0.2, 0.25) is 0 Å². The highest BCUT2D eigenvalue weighted by Crippen LogP contribution is 2.43. The number of allylic oxidation sites excluding steroid dienone is 8. The maximum Gasteiger partial charge on any atom is 0.472 e. The van der Waals surface area contributed by atoms with E-state index in [9.17, 15) is 28.9 Å². The van der Waals surface area contributed by atoms with E-state index in [2.05, 4.69) is 69.4 Å². The second-order valence-electron chi connectivity index (χ2n) is 19.1. The molecule has 0 aromatic carbocycles. The summed E-state index contributed by atoms with van der Waals surface area (Å²) in [5.74, 6) is -1.49. The van der Waals surface area contributed by atoms with Gasteiger partial charge in [0.25, 0.3) is 0 Å². The van der Waals surface area contributed by atoms with Gasteiger partial charge in [-0.25, -0.2) is 4.57 Å². The topological polar surface area (TPSA) is 155 Å². The number of hydrogen-bond acceptors (Lipinski definition) is 10. The van der Waals surface area contributed by atoms with Crippen LogP contribution in [-0.4, -0.2) is 66.5 Å². The number of aliphatic hydroxyl groups is 1. The van der Waals surface area contributed by atoms with Gasteiger partial charge in [0, 0.05) is 19.3 Å². The summed E-state index contributed by atoms with van der Waals surface area (Å²) in [4.78, 5) is 48.5. The summed E-state index contributed by atoms with van der Waals surface area (Å²) in [5.41, 5.74) is 0. The van der Waals surface area contributed by atoms with Gasteiger partial charge in [-0.05, 0) is 83.5 Å². The Hall–Kier alpha value is -2.56. The average molecular weight is 1010 g/mol. The van der Waals surface area contributed by atoms with Crippen LogP contribution in [0.4, 0.5) is 0 Å². The number of hydrogen-bond donors (Lipinski definition) is 2. The number of phosphoric ester groups is 1. The third-order valence-corrected chi connectivity index (χ3v) is 13.2. The van der Waals surface area contributed by atoms with Crippen molar-refractivity contribution in [3.05, 3.63) is 48.6 Å². The summed E-state index contributed by atoms with van der Waals surface area (Å²) in [6, 6.07) is 0. The summed E-state index contributed by atoms with van der Waals surface area (Å²) in [6.45, 7) is 4.58. The fraction of sp³-hybridized carbons (Fsp3) is 0.810. The highest BCUT2D eigenvalue weighted by molar-refractivity contribution is 7.47. The van der Waals surface area contributed by atoms with Crippen LogP contribution >= 0.6 is 7.82 Å². The molecule has 12 heteroatoms. The molecule has 0 spiro atoms. The first-order valence-electron chi connectivity index (χ1n) is 28.5. The molecule has 408 valence electrons. The Balaban J connectivity index is 4.75. The lowest BCUT2D eigenvalue weighted by atomic mass is 10.0. The molecule has 0 saturated heterocycles. The number of esters is 3. The lowest BCUT2D eigenvalue weighted by molar-refractivity contribution is -0.161. The maximum absolute atomic E-state index is 12.9. The smallest absolute Gasteiger partial charge is 0.462 e. The third-order valence-electron chi connectivity index (χ3n) is 12.2. The zero-order valence-electron chi connectivity index (χ0n) is 45.0. The maximum atomic E-state index is 12.9. The number of ether oxygens (including phenoxy) is 3. The van der Waals surface area contributed by atoms with E-state index in [1.807, 2.05) is 0 Å². The van der Waals surface area contributed by atoms with Crippen molar-refractivity contribution in [2.24, 2.45) is 0 Å². The minimum atomic E-state index is -4.75. The standard InChI is InChI=1S/C58H105O11P/c1-4-7-10-13-16-19-22-25-27-30-32-35-38-41-44-47-56(60)65-51-55(69-58(62)49-46-43-40-37-34-31-28-26-23-20-17-14-11-8-5-2)53-67-70(63,64)66-52-54(50-59)68-57(61)48-45-42-39-36-33-29-24-21-18-15-12-9-6-3/h16-17,19-20,25-28,54-55,59H,4-15,18,21-24,29-53H2,1-3H3,(H,63,64)/b19-16-,20-17-,27-25-,28-26-. The van der Waals surface area contributed by atoms with Gasteiger partial charge in [-0.3, -0.25) is 23.4 Å². The molecular formula is C58H105O11P. The number of carbonyl (C=O) groups is 3. The summed E-state index contributed by atoms with van der Waals surface area (Å²) in [5, 5.41) is 9.80. The molecule has 0 fully saturated rings. The van der Waals surface area contributed by atoms with Crippen LogP contribution in [0.3, 0.4) is 0 Å².